The summed E-state index contributed by atoms with van der Waals surface area (Å²) < 4.78 is 49.6. The normalized spacial score (nSPS) is 10.7. The van der Waals surface area contributed by atoms with Crippen molar-refractivity contribution in [3.05, 3.63) is 136 Å². The van der Waals surface area contributed by atoms with Crippen LogP contribution in [0.3, 0.4) is 0 Å². The number of nitrogen functional groups attached to an aromatic ring is 1. The summed E-state index contributed by atoms with van der Waals surface area (Å²) in [7, 11) is -6.48. The Morgan fingerprint density at radius 1 is 0.574 bits per heavy atom. The van der Waals surface area contributed by atoms with Gasteiger partial charge in [-0.3, -0.25) is 0 Å². The van der Waals surface area contributed by atoms with E-state index in [4.69, 9.17) is 17.3 Å². The van der Waals surface area contributed by atoms with E-state index >= 15 is 0 Å². The predicted molar refractivity (Wildman–Crippen MR) is 227 cm³/mol. The Morgan fingerprint density at radius 3 is 1.39 bits per heavy atom. The Labute approximate surface area is 342 Å². The van der Waals surface area contributed by atoms with Gasteiger partial charge < -0.3 is 21.7 Å². The second kappa shape index (κ2) is 21.0. The van der Waals surface area contributed by atoms with E-state index in [9.17, 15) is 16.8 Å². The molecule has 6 rings (SSSR count). The van der Waals surface area contributed by atoms with Gasteiger partial charge in [0.05, 0.1) is 21.3 Å². The number of rotatable bonds is 10. The quantitative estimate of drug-likeness (QED) is 0.0755. The van der Waals surface area contributed by atoms with E-state index in [-0.39, 0.29) is 33.7 Å². The number of hydrogen-bond donors (Lipinski definition) is 4. The number of aromatic nitrogens is 4. The first-order valence-electron chi connectivity index (χ1n) is 15.8. The van der Waals surface area contributed by atoms with Crippen molar-refractivity contribution >= 4 is 116 Å². The van der Waals surface area contributed by atoms with Crippen molar-refractivity contribution in [1.29, 1.82) is 0 Å². The molecular weight excluding hydrogens is 903 g/mol. The van der Waals surface area contributed by atoms with Crippen LogP contribution in [0, 0.1) is 0 Å². The molecule has 284 valence electrons. The summed E-state index contributed by atoms with van der Waals surface area (Å²) in [6, 6.07) is 31.8. The number of nitrogens with zero attached hydrogens (tertiary/aromatic N) is 4. The van der Waals surface area contributed by atoms with Crippen LogP contribution in [0.4, 0.5) is 40.2 Å². The zero-order valence-electron chi connectivity index (χ0n) is 28.8. The lowest BCUT2D eigenvalue weighted by Gasteiger charge is -2.10. The molecule has 6 aromatic rings. The minimum absolute atomic E-state index is 0. The van der Waals surface area contributed by atoms with Crippen molar-refractivity contribution in [1.82, 2.24) is 19.9 Å². The molecule has 0 aliphatic carbocycles. The van der Waals surface area contributed by atoms with Gasteiger partial charge in [-0.15, -0.1) is 12.4 Å². The van der Waals surface area contributed by atoms with Gasteiger partial charge in [-0.25, -0.2) is 36.8 Å². The van der Waals surface area contributed by atoms with Crippen LogP contribution in [0.2, 0.25) is 5.15 Å². The van der Waals surface area contributed by atoms with Gasteiger partial charge in [0.25, 0.3) is 0 Å². The molecule has 54 heavy (non-hydrogen) atoms. The van der Waals surface area contributed by atoms with E-state index in [0.29, 0.717) is 34.0 Å². The van der Waals surface area contributed by atoms with Crippen LogP contribution in [0.5, 0.6) is 0 Å². The second-order valence-electron chi connectivity index (χ2n) is 10.8. The minimum atomic E-state index is -3.26. The number of nitrogens with one attached hydrogen (secondary N) is 3. The lowest BCUT2D eigenvalue weighted by atomic mass is 10.3. The third-order valence-electron chi connectivity index (χ3n) is 6.94. The molecule has 0 amide bonds. The first-order chi connectivity index (χ1) is 25.3. The fourth-order valence-electron chi connectivity index (χ4n) is 4.28. The van der Waals surface area contributed by atoms with E-state index in [1.54, 1.807) is 74.5 Å². The number of sulfone groups is 2. The van der Waals surface area contributed by atoms with Crippen molar-refractivity contribution < 1.29 is 16.8 Å². The molecule has 0 unspecified atom stereocenters. The lowest BCUT2D eigenvalue weighted by molar-refractivity contribution is 0.595. The molecule has 0 atom stereocenters. The van der Waals surface area contributed by atoms with Gasteiger partial charge in [-0.1, -0.05) is 81.6 Å². The van der Waals surface area contributed by atoms with Crippen LogP contribution in [0.15, 0.2) is 141 Å². The Kier molecular flexibility index (Phi) is 17.1. The Morgan fingerprint density at radius 2 is 0.981 bits per heavy atom. The number of hydrogen-bond acceptors (Lipinski definition) is 12. The van der Waals surface area contributed by atoms with E-state index < -0.39 is 19.7 Å². The molecule has 2 aromatic heterocycles. The molecule has 5 N–H and O–H groups in total. The summed E-state index contributed by atoms with van der Waals surface area (Å²) in [5, 5.41) is 9.61. The Balaban J connectivity index is 0.000000244. The molecular formula is C36H36Br2Cl2N8O4S2. The molecule has 0 saturated heterocycles. The van der Waals surface area contributed by atoms with Gasteiger partial charge in [-0.2, -0.15) is 0 Å². The van der Waals surface area contributed by atoms with Gasteiger partial charge in [0.2, 0.25) is 0 Å². The minimum Gasteiger partial charge on any atom is -0.399 e. The van der Waals surface area contributed by atoms with Crippen molar-refractivity contribution in [2.45, 2.75) is 23.6 Å². The van der Waals surface area contributed by atoms with Crippen LogP contribution < -0.4 is 21.7 Å². The van der Waals surface area contributed by atoms with E-state index in [1.807, 2.05) is 48.5 Å². The van der Waals surface area contributed by atoms with Crippen LogP contribution in [-0.4, -0.2) is 48.3 Å². The fraction of sp³-hybridized carbons (Fsp3) is 0.111. The first kappa shape index (κ1) is 44.1. The van der Waals surface area contributed by atoms with Crippen molar-refractivity contribution in [3.63, 3.8) is 0 Å². The summed E-state index contributed by atoms with van der Waals surface area (Å²) in [5.41, 5.74) is 8.38. The molecule has 0 aliphatic heterocycles. The molecule has 0 radical (unpaired) electrons. The number of anilines is 7. The zero-order valence-corrected chi connectivity index (χ0v) is 35.2. The standard InChI is InChI=1S/C18H17BrN4O2S.C12H12ClN3O2S.C6H6BrN.ClH/c1-2-26(24,25)16-8-4-7-15(10-16)23-18-11-17(20-12-21-18)22-14-6-3-5-13(19)9-14;1-2-19(17,18)10-5-3-4-9(6-10)16-12-7-11(13)14-8-15-12;7-5-2-1-3-6(8)4-5;/h3-12H,2H2,1H3,(H2,20,21,22,23);3-8H,2H2,1H3,(H,14,15,16);1-4H,8H2;1H. The average Bonchev–Trinajstić information content (AvgIpc) is 3.12. The SMILES string of the molecule is CCS(=O)(=O)c1cccc(Nc2cc(Cl)ncn2)c1.CCS(=O)(=O)c1cccc(Nc2cc(Nc3cccc(Br)c3)ncn2)c1.Cl.Nc1cccc(Br)c1. The molecule has 4 aromatic carbocycles. The van der Waals surface area contributed by atoms with Gasteiger partial charge >= 0.3 is 0 Å². The zero-order chi connectivity index (χ0) is 38.4. The van der Waals surface area contributed by atoms with Crippen LogP contribution >= 0.6 is 55.9 Å². The van der Waals surface area contributed by atoms with E-state index in [0.717, 1.165) is 20.3 Å². The number of halogens is 4. The molecule has 0 saturated carbocycles. The van der Waals surface area contributed by atoms with E-state index in [2.05, 4.69) is 67.7 Å². The molecule has 12 nitrogen and oxygen atoms in total. The van der Waals surface area contributed by atoms with Gasteiger partial charge in [-0.05, 0) is 72.8 Å². The van der Waals surface area contributed by atoms with Crippen molar-refractivity contribution in [2.75, 3.05) is 33.2 Å². The highest BCUT2D eigenvalue weighted by Crippen LogP contribution is 2.24. The number of benzene rings is 4. The van der Waals surface area contributed by atoms with Gasteiger partial charge in [0, 0.05) is 43.8 Å². The van der Waals surface area contributed by atoms with Crippen LogP contribution in [0.1, 0.15) is 13.8 Å². The summed E-state index contributed by atoms with van der Waals surface area (Å²) in [4.78, 5) is 16.7. The first-order valence-corrected chi connectivity index (χ1v) is 21.1. The topological polar surface area (TPSA) is 182 Å². The summed E-state index contributed by atoms with van der Waals surface area (Å²) in [5.74, 6) is 1.81. The van der Waals surface area contributed by atoms with Crippen LogP contribution in [0.25, 0.3) is 0 Å². The molecule has 0 bridgehead atoms. The smallest absolute Gasteiger partial charge is 0.178 e. The molecule has 0 spiro atoms. The second-order valence-corrected chi connectivity index (χ2v) is 17.6. The van der Waals surface area contributed by atoms with Crippen molar-refractivity contribution in [3.8, 4) is 0 Å². The maximum absolute atomic E-state index is 12.0. The molecule has 18 heteroatoms. The monoisotopic (exact) mass is 936 g/mol. The maximum Gasteiger partial charge on any atom is 0.178 e. The van der Waals surface area contributed by atoms with Gasteiger partial charge in [0.15, 0.2) is 19.7 Å². The Bertz CT molecular complexity index is 2360. The molecule has 0 aliphatic rings. The maximum atomic E-state index is 12.0. The number of nitrogens with two attached hydrogens (primary N) is 1. The highest BCUT2D eigenvalue weighted by atomic mass is 79.9. The van der Waals surface area contributed by atoms with Gasteiger partial charge in [0.1, 0.15) is 35.3 Å². The molecule has 2 heterocycles. The summed E-state index contributed by atoms with van der Waals surface area (Å²) >= 11 is 12.5. The molecule has 0 fully saturated rings. The highest BCUT2D eigenvalue weighted by molar-refractivity contribution is 9.10. The highest BCUT2D eigenvalue weighted by Gasteiger charge is 2.13. The third kappa shape index (κ3) is 14.2. The third-order valence-corrected chi connectivity index (χ3v) is 11.6. The average molecular weight is 940 g/mol. The predicted octanol–water partition coefficient (Wildman–Crippen LogP) is 9.64. The fourth-order valence-corrected chi connectivity index (χ4v) is 7.10. The van der Waals surface area contributed by atoms with Crippen LogP contribution in [-0.2, 0) is 19.7 Å². The summed E-state index contributed by atoms with van der Waals surface area (Å²) in [6.07, 6.45) is 2.77. The van der Waals surface area contributed by atoms with Crippen molar-refractivity contribution in [2.24, 2.45) is 0 Å². The summed E-state index contributed by atoms with van der Waals surface area (Å²) in [6.45, 7) is 3.24. The van der Waals surface area contributed by atoms with E-state index in [1.165, 1.54) is 12.7 Å². The Hall–Kier alpha value is -4.32. The largest absolute Gasteiger partial charge is 0.399 e. The lowest BCUT2D eigenvalue weighted by Crippen LogP contribution is -2.04.